The SMILES string of the molecule is Cc1on(C(=O)N(c2ccc(F)cc2F)C(C)C)c(=O)c1Cc1cccs1. The minimum absolute atomic E-state index is 0.128. The highest BCUT2D eigenvalue weighted by Crippen LogP contribution is 2.24. The first-order valence-corrected chi connectivity index (χ1v) is 9.20. The summed E-state index contributed by atoms with van der Waals surface area (Å²) in [7, 11) is 0. The average molecular weight is 392 g/mol. The lowest BCUT2D eigenvalue weighted by atomic mass is 10.2. The van der Waals surface area contributed by atoms with Crippen molar-refractivity contribution in [3.05, 3.63) is 73.9 Å². The van der Waals surface area contributed by atoms with Crippen LogP contribution >= 0.6 is 11.3 Å². The van der Waals surface area contributed by atoms with Crippen molar-refractivity contribution in [1.29, 1.82) is 0 Å². The third-order valence-corrected chi connectivity index (χ3v) is 4.97. The van der Waals surface area contributed by atoms with Gasteiger partial charge in [-0.3, -0.25) is 9.69 Å². The van der Waals surface area contributed by atoms with Crippen LogP contribution in [-0.2, 0) is 6.42 Å². The summed E-state index contributed by atoms with van der Waals surface area (Å²) in [6.07, 6.45) is 0.346. The Morgan fingerprint density at radius 3 is 2.63 bits per heavy atom. The smallest absolute Gasteiger partial charge is 0.365 e. The molecule has 27 heavy (non-hydrogen) atoms. The molecule has 2 heterocycles. The minimum Gasteiger partial charge on any atom is -0.372 e. The minimum atomic E-state index is -0.896. The van der Waals surface area contributed by atoms with Crippen molar-refractivity contribution in [2.45, 2.75) is 33.2 Å². The first-order valence-electron chi connectivity index (χ1n) is 8.32. The predicted molar refractivity (Wildman–Crippen MR) is 99.6 cm³/mol. The lowest BCUT2D eigenvalue weighted by Crippen LogP contribution is -2.43. The van der Waals surface area contributed by atoms with E-state index in [-0.39, 0.29) is 5.69 Å². The van der Waals surface area contributed by atoms with Crippen LogP contribution in [0.1, 0.15) is 30.0 Å². The number of hydrogen-bond acceptors (Lipinski definition) is 4. The van der Waals surface area contributed by atoms with Crippen LogP contribution in [0.3, 0.4) is 0 Å². The second kappa shape index (κ2) is 7.48. The number of benzene rings is 1. The molecular weight excluding hydrogens is 374 g/mol. The highest BCUT2D eigenvalue weighted by molar-refractivity contribution is 7.09. The van der Waals surface area contributed by atoms with Gasteiger partial charge in [-0.15, -0.1) is 11.3 Å². The second-order valence-electron chi connectivity index (χ2n) is 6.32. The molecule has 0 aliphatic rings. The zero-order chi connectivity index (χ0) is 19.7. The third-order valence-electron chi connectivity index (χ3n) is 4.09. The standard InChI is InChI=1S/C19H18F2N2O3S/c1-11(2)22(17-7-6-13(20)9-16(17)21)19(25)23-18(24)15(12(3)26-23)10-14-5-4-8-27-14/h4-9,11H,10H2,1-3H3. The van der Waals surface area contributed by atoms with Gasteiger partial charge in [0.05, 0.1) is 11.3 Å². The molecule has 142 valence electrons. The molecule has 5 nitrogen and oxygen atoms in total. The van der Waals surface area contributed by atoms with E-state index in [1.54, 1.807) is 20.8 Å². The largest absolute Gasteiger partial charge is 0.372 e. The molecule has 1 amide bonds. The Hall–Kier alpha value is -2.74. The fourth-order valence-electron chi connectivity index (χ4n) is 2.80. The van der Waals surface area contributed by atoms with Gasteiger partial charge in [0.2, 0.25) is 0 Å². The predicted octanol–water partition coefficient (Wildman–Crippen LogP) is 4.56. The van der Waals surface area contributed by atoms with Gasteiger partial charge in [0.25, 0.3) is 5.56 Å². The van der Waals surface area contributed by atoms with Crippen molar-refractivity contribution in [2.75, 3.05) is 4.90 Å². The van der Waals surface area contributed by atoms with Crippen LogP contribution < -0.4 is 10.5 Å². The van der Waals surface area contributed by atoms with Crippen LogP contribution in [-0.4, -0.2) is 16.8 Å². The summed E-state index contributed by atoms with van der Waals surface area (Å²) >= 11 is 1.49. The average Bonchev–Trinajstić information content (AvgIpc) is 3.20. The fraction of sp³-hybridized carbons (Fsp3) is 0.263. The van der Waals surface area contributed by atoms with E-state index in [9.17, 15) is 18.4 Å². The number of aromatic nitrogens is 1. The Bertz CT molecular complexity index is 1020. The normalized spacial score (nSPS) is 11.2. The van der Waals surface area contributed by atoms with Crippen LogP contribution in [0.4, 0.5) is 19.3 Å². The van der Waals surface area contributed by atoms with Gasteiger partial charge in [-0.1, -0.05) is 10.8 Å². The molecule has 3 rings (SSSR count). The molecule has 0 radical (unpaired) electrons. The summed E-state index contributed by atoms with van der Waals surface area (Å²) in [4.78, 5) is 27.7. The summed E-state index contributed by atoms with van der Waals surface area (Å²) in [5.41, 5.74) is -0.342. The van der Waals surface area contributed by atoms with E-state index >= 15 is 0 Å². The number of nitrogens with zero attached hydrogens (tertiary/aromatic N) is 2. The third kappa shape index (κ3) is 3.71. The molecule has 0 aliphatic carbocycles. The zero-order valence-corrected chi connectivity index (χ0v) is 15.8. The van der Waals surface area contributed by atoms with Crippen LogP contribution in [0.25, 0.3) is 0 Å². The van der Waals surface area contributed by atoms with E-state index < -0.39 is 29.3 Å². The van der Waals surface area contributed by atoms with E-state index in [2.05, 4.69) is 0 Å². The number of anilines is 1. The van der Waals surface area contributed by atoms with E-state index in [4.69, 9.17) is 4.52 Å². The number of hydrogen-bond donors (Lipinski definition) is 0. The Morgan fingerprint density at radius 2 is 2.04 bits per heavy atom. The fourth-order valence-corrected chi connectivity index (χ4v) is 3.51. The van der Waals surface area contributed by atoms with Crippen molar-refractivity contribution in [1.82, 2.24) is 4.74 Å². The summed E-state index contributed by atoms with van der Waals surface area (Å²) < 4.78 is 33.5. The zero-order valence-electron chi connectivity index (χ0n) is 15.0. The van der Waals surface area contributed by atoms with Gasteiger partial charge >= 0.3 is 6.03 Å². The summed E-state index contributed by atoms with van der Waals surface area (Å²) in [5, 5.41) is 1.90. The van der Waals surface area contributed by atoms with Gasteiger partial charge in [0.15, 0.2) is 0 Å². The second-order valence-corrected chi connectivity index (χ2v) is 7.36. The Labute approximate surface area is 158 Å². The molecule has 0 aliphatic heterocycles. The molecule has 8 heteroatoms. The molecule has 1 aromatic carbocycles. The van der Waals surface area contributed by atoms with Crippen molar-refractivity contribution in [3.63, 3.8) is 0 Å². The number of carbonyl (C=O) groups excluding carboxylic acids is 1. The molecule has 0 atom stereocenters. The molecule has 2 aromatic heterocycles. The van der Waals surface area contributed by atoms with Crippen LogP contribution in [0.2, 0.25) is 0 Å². The number of thiophene rings is 1. The van der Waals surface area contributed by atoms with Gasteiger partial charge in [0, 0.05) is 23.4 Å². The van der Waals surface area contributed by atoms with Crippen molar-refractivity contribution >= 4 is 23.1 Å². The van der Waals surface area contributed by atoms with Crippen LogP contribution in [0, 0.1) is 18.6 Å². The Morgan fingerprint density at radius 1 is 1.30 bits per heavy atom. The Kier molecular flexibility index (Phi) is 5.27. The van der Waals surface area contributed by atoms with E-state index in [1.165, 1.54) is 11.3 Å². The van der Waals surface area contributed by atoms with E-state index in [0.29, 0.717) is 28.6 Å². The van der Waals surface area contributed by atoms with Gasteiger partial charge < -0.3 is 4.52 Å². The maximum absolute atomic E-state index is 14.2. The van der Waals surface area contributed by atoms with Crippen molar-refractivity contribution < 1.29 is 18.1 Å². The summed E-state index contributed by atoms with van der Waals surface area (Å²) in [5.74, 6) is -1.33. The monoisotopic (exact) mass is 392 g/mol. The topological polar surface area (TPSA) is 55.5 Å². The maximum atomic E-state index is 14.2. The Balaban J connectivity index is 2.01. The molecule has 0 saturated heterocycles. The summed E-state index contributed by atoms with van der Waals surface area (Å²) in [6, 6.07) is 5.34. The number of amides is 1. The molecule has 3 aromatic rings. The van der Waals surface area contributed by atoms with Gasteiger partial charge in [-0.25, -0.2) is 13.6 Å². The highest BCUT2D eigenvalue weighted by atomic mass is 32.1. The van der Waals surface area contributed by atoms with Crippen LogP contribution in [0.5, 0.6) is 0 Å². The molecule has 0 N–H and O–H groups in total. The van der Waals surface area contributed by atoms with Gasteiger partial charge in [-0.2, -0.15) is 0 Å². The number of aryl methyl sites for hydroxylation is 1. The van der Waals surface area contributed by atoms with Crippen molar-refractivity contribution in [2.24, 2.45) is 0 Å². The molecule has 0 saturated carbocycles. The van der Waals surface area contributed by atoms with E-state index in [1.807, 2.05) is 17.5 Å². The first kappa shape index (κ1) is 19.0. The lowest BCUT2D eigenvalue weighted by molar-refractivity contribution is 0.210. The van der Waals surface area contributed by atoms with E-state index in [0.717, 1.165) is 21.9 Å². The number of carbonyl (C=O) groups is 1. The molecular formula is C19H18F2N2O3S. The lowest BCUT2D eigenvalue weighted by Gasteiger charge is -2.26. The van der Waals surface area contributed by atoms with Crippen molar-refractivity contribution in [3.8, 4) is 0 Å². The molecule has 0 unspecified atom stereocenters. The van der Waals surface area contributed by atoms with Crippen LogP contribution in [0.15, 0.2) is 45.0 Å². The maximum Gasteiger partial charge on any atom is 0.365 e. The highest BCUT2D eigenvalue weighted by Gasteiger charge is 2.28. The van der Waals surface area contributed by atoms with Gasteiger partial charge in [0.1, 0.15) is 17.4 Å². The molecule has 0 bridgehead atoms. The number of rotatable bonds is 4. The molecule has 0 spiro atoms. The van der Waals surface area contributed by atoms with Gasteiger partial charge in [-0.05, 0) is 44.4 Å². The number of halogens is 2. The molecule has 0 fully saturated rings. The first-order chi connectivity index (χ1) is 12.8. The quantitative estimate of drug-likeness (QED) is 0.654. The summed E-state index contributed by atoms with van der Waals surface area (Å²) in [6.45, 7) is 4.93.